The number of rotatable bonds is 3. The zero-order valence-corrected chi connectivity index (χ0v) is 12.2. The van der Waals surface area contributed by atoms with Gasteiger partial charge < -0.3 is 10.8 Å². The summed E-state index contributed by atoms with van der Waals surface area (Å²) in [5.41, 5.74) is 7.33. The molecular formula is C14H19Cl2NO2. The van der Waals surface area contributed by atoms with Crippen molar-refractivity contribution in [1.82, 2.24) is 0 Å². The van der Waals surface area contributed by atoms with Crippen molar-refractivity contribution in [3.63, 3.8) is 0 Å². The molecular weight excluding hydrogens is 285 g/mol. The van der Waals surface area contributed by atoms with Gasteiger partial charge in [0.15, 0.2) is 0 Å². The van der Waals surface area contributed by atoms with Crippen molar-refractivity contribution in [2.45, 2.75) is 37.6 Å². The van der Waals surface area contributed by atoms with E-state index in [9.17, 15) is 4.79 Å². The fourth-order valence-corrected chi connectivity index (χ4v) is 2.93. The molecule has 3 nitrogen and oxygen atoms in total. The maximum atomic E-state index is 10.8. The van der Waals surface area contributed by atoms with Crippen LogP contribution in [-0.4, -0.2) is 17.1 Å². The molecule has 1 aliphatic rings. The van der Waals surface area contributed by atoms with E-state index in [-0.39, 0.29) is 36.7 Å². The third-order valence-electron chi connectivity index (χ3n) is 3.77. The second kappa shape index (κ2) is 7.13. The fourth-order valence-electron chi connectivity index (χ4n) is 2.81. The van der Waals surface area contributed by atoms with Crippen molar-refractivity contribution >= 4 is 30.0 Å². The zero-order valence-electron chi connectivity index (χ0n) is 10.6. The number of benzene rings is 1. The Kier molecular flexibility index (Phi) is 6.11. The molecule has 0 aliphatic heterocycles. The second-order valence-corrected chi connectivity index (χ2v) is 5.54. The quantitative estimate of drug-likeness (QED) is 0.899. The average Bonchev–Trinajstić information content (AvgIpc) is 2.32. The molecule has 0 bridgehead atoms. The lowest BCUT2D eigenvalue weighted by Crippen LogP contribution is -2.35. The summed E-state index contributed by atoms with van der Waals surface area (Å²) in [5.74, 6) is -0.228. The van der Waals surface area contributed by atoms with Crippen LogP contribution in [0.1, 0.15) is 37.2 Å². The van der Waals surface area contributed by atoms with Crippen LogP contribution in [0.5, 0.6) is 0 Å². The van der Waals surface area contributed by atoms with Crippen LogP contribution in [0.3, 0.4) is 0 Å². The number of halogens is 2. The summed E-state index contributed by atoms with van der Waals surface area (Å²) in [4.78, 5) is 10.8. The standard InChI is InChI=1S/C14H18ClNO2.ClH/c15-11-4-2-10(3-5-11)12-7-9(8-14(17)18)1-6-13(12)16;/h2-5,9,12-13H,1,6-8,16H2,(H,17,18);1H/t9-,12+,13-;/m1./s1. The summed E-state index contributed by atoms with van der Waals surface area (Å²) >= 11 is 5.88. The van der Waals surface area contributed by atoms with Gasteiger partial charge in [0.05, 0.1) is 0 Å². The van der Waals surface area contributed by atoms with E-state index in [0.29, 0.717) is 5.02 Å². The van der Waals surface area contributed by atoms with Gasteiger partial charge in [-0.2, -0.15) is 0 Å². The molecule has 0 saturated heterocycles. The van der Waals surface area contributed by atoms with Crippen LogP contribution in [-0.2, 0) is 4.79 Å². The average molecular weight is 304 g/mol. The minimum atomic E-state index is -0.717. The second-order valence-electron chi connectivity index (χ2n) is 5.10. The summed E-state index contributed by atoms with van der Waals surface area (Å²) < 4.78 is 0. The first-order valence-corrected chi connectivity index (χ1v) is 6.67. The Morgan fingerprint density at radius 2 is 1.95 bits per heavy atom. The Morgan fingerprint density at radius 1 is 1.32 bits per heavy atom. The van der Waals surface area contributed by atoms with Gasteiger partial charge in [-0.3, -0.25) is 4.79 Å². The molecule has 0 aromatic heterocycles. The first-order valence-electron chi connectivity index (χ1n) is 6.29. The van der Waals surface area contributed by atoms with Crippen molar-refractivity contribution < 1.29 is 9.90 Å². The van der Waals surface area contributed by atoms with Gasteiger partial charge in [0.2, 0.25) is 0 Å². The van der Waals surface area contributed by atoms with Crippen LogP contribution in [0.4, 0.5) is 0 Å². The van der Waals surface area contributed by atoms with E-state index in [1.807, 2.05) is 24.3 Å². The number of nitrogens with two attached hydrogens (primary N) is 1. The molecule has 0 heterocycles. The SMILES string of the molecule is Cl.N[C@@H]1CC[C@@H](CC(=O)O)C[C@H]1c1ccc(Cl)cc1. The van der Waals surface area contributed by atoms with E-state index in [2.05, 4.69) is 0 Å². The molecule has 1 aliphatic carbocycles. The highest BCUT2D eigenvalue weighted by molar-refractivity contribution is 6.30. The van der Waals surface area contributed by atoms with E-state index in [4.69, 9.17) is 22.4 Å². The van der Waals surface area contributed by atoms with Gasteiger partial charge >= 0.3 is 5.97 Å². The molecule has 1 fully saturated rings. The Morgan fingerprint density at radius 3 is 2.53 bits per heavy atom. The number of aliphatic carboxylic acids is 1. The summed E-state index contributed by atoms with van der Waals surface area (Å²) in [6.45, 7) is 0. The lowest BCUT2D eigenvalue weighted by Gasteiger charge is -2.34. The monoisotopic (exact) mass is 303 g/mol. The van der Waals surface area contributed by atoms with Crippen LogP contribution in [0.2, 0.25) is 5.02 Å². The molecule has 0 radical (unpaired) electrons. The number of carboxylic acid groups (broad SMARTS) is 1. The molecule has 3 N–H and O–H groups in total. The van der Waals surface area contributed by atoms with Crippen molar-refractivity contribution in [3.8, 4) is 0 Å². The Balaban J connectivity index is 0.00000180. The predicted octanol–water partition coefficient (Wildman–Crippen LogP) is 3.45. The smallest absolute Gasteiger partial charge is 0.303 e. The topological polar surface area (TPSA) is 63.3 Å². The Bertz CT molecular complexity index is 422. The van der Waals surface area contributed by atoms with Crippen LogP contribution in [0.25, 0.3) is 0 Å². The van der Waals surface area contributed by atoms with Crippen LogP contribution in [0.15, 0.2) is 24.3 Å². The summed E-state index contributed by atoms with van der Waals surface area (Å²) in [7, 11) is 0. The lowest BCUT2D eigenvalue weighted by molar-refractivity contribution is -0.138. The first kappa shape index (κ1) is 16.3. The lowest BCUT2D eigenvalue weighted by atomic mass is 9.74. The molecule has 0 spiro atoms. The Hall–Kier alpha value is -0.770. The molecule has 19 heavy (non-hydrogen) atoms. The highest BCUT2D eigenvalue weighted by atomic mass is 35.5. The number of carbonyl (C=O) groups is 1. The van der Waals surface area contributed by atoms with Crippen molar-refractivity contribution in [2.24, 2.45) is 11.7 Å². The van der Waals surface area contributed by atoms with Crippen LogP contribution < -0.4 is 5.73 Å². The van der Waals surface area contributed by atoms with Gasteiger partial charge in [-0.05, 0) is 48.8 Å². The molecule has 1 aromatic rings. The van der Waals surface area contributed by atoms with Gasteiger partial charge in [-0.25, -0.2) is 0 Å². The first-order chi connectivity index (χ1) is 8.56. The van der Waals surface area contributed by atoms with E-state index in [1.54, 1.807) is 0 Å². The molecule has 0 unspecified atom stereocenters. The molecule has 5 heteroatoms. The number of carboxylic acids is 1. The van der Waals surface area contributed by atoms with E-state index in [0.717, 1.165) is 19.3 Å². The van der Waals surface area contributed by atoms with Gasteiger partial charge in [-0.15, -0.1) is 12.4 Å². The fraction of sp³-hybridized carbons (Fsp3) is 0.500. The summed E-state index contributed by atoms with van der Waals surface area (Å²) in [6, 6.07) is 7.84. The molecule has 106 valence electrons. The highest BCUT2D eigenvalue weighted by Gasteiger charge is 2.30. The van der Waals surface area contributed by atoms with Gasteiger partial charge in [-0.1, -0.05) is 23.7 Å². The van der Waals surface area contributed by atoms with Gasteiger partial charge in [0.1, 0.15) is 0 Å². The molecule has 1 aromatic carbocycles. The van der Waals surface area contributed by atoms with E-state index in [1.165, 1.54) is 5.56 Å². The van der Waals surface area contributed by atoms with Gasteiger partial charge in [0, 0.05) is 17.5 Å². The van der Waals surface area contributed by atoms with Crippen LogP contribution in [0, 0.1) is 5.92 Å². The maximum Gasteiger partial charge on any atom is 0.303 e. The molecule has 2 rings (SSSR count). The minimum Gasteiger partial charge on any atom is -0.481 e. The normalized spacial score (nSPS) is 26.5. The van der Waals surface area contributed by atoms with E-state index < -0.39 is 5.97 Å². The van der Waals surface area contributed by atoms with Crippen LogP contribution >= 0.6 is 24.0 Å². The molecule has 1 saturated carbocycles. The minimum absolute atomic E-state index is 0. The third-order valence-corrected chi connectivity index (χ3v) is 4.03. The zero-order chi connectivity index (χ0) is 13.1. The number of hydrogen-bond acceptors (Lipinski definition) is 2. The highest BCUT2D eigenvalue weighted by Crippen LogP contribution is 2.37. The summed E-state index contributed by atoms with van der Waals surface area (Å²) in [5, 5.41) is 9.59. The molecule has 3 atom stereocenters. The van der Waals surface area contributed by atoms with Crippen molar-refractivity contribution in [1.29, 1.82) is 0 Å². The van der Waals surface area contributed by atoms with Crippen molar-refractivity contribution in [3.05, 3.63) is 34.9 Å². The number of hydrogen-bond donors (Lipinski definition) is 2. The third kappa shape index (κ3) is 4.37. The van der Waals surface area contributed by atoms with E-state index >= 15 is 0 Å². The molecule has 0 amide bonds. The summed E-state index contributed by atoms with van der Waals surface area (Å²) in [6.07, 6.45) is 2.91. The maximum absolute atomic E-state index is 10.8. The predicted molar refractivity (Wildman–Crippen MR) is 79.0 cm³/mol. The van der Waals surface area contributed by atoms with Crippen molar-refractivity contribution in [2.75, 3.05) is 0 Å². The Labute approximate surface area is 124 Å². The largest absolute Gasteiger partial charge is 0.481 e. The van der Waals surface area contributed by atoms with Gasteiger partial charge in [0.25, 0.3) is 0 Å².